The van der Waals surface area contributed by atoms with Crippen molar-refractivity contribution in [2.75, 3.05) is 13.7 Å². The number of benzene rings is 1. The zero-order valence-electron chi connectivity index (χ0n) is 12.5. The topological polar surface area (TPSA) is 54.9 Å². The van der Waals surface area contributed by atoms with E-state index < -0.39 is 0 Å². The molecular formula is C16H17FN4O. The van der Waals surface area contributed by atoms with Crippen LogP contribution in [0, 0.1) is 5.82 Å². The Kier molecular flexibility index (Phi) is 2.94. The highest BCUT2D eigenvalue weighted by Crippen LogP contribution is 2.38. The van der Waals surface area contributed by atoms with Crippen LogP contribution < -0.4 is 10.1 Å². The van der Waals surface area contributed by atoms with Crippen molar-refractivity contribution in [2.45, 2.75) is 13.0 Å². The van der Waals surface area contributed by atoms with Crippen LogP contribution in [-0.4, -0.2) is 28.4 Å². The predicted octanol–water partition coefficient (Wildman–Crippen LogP) is 2.36. The molecular weight excluding hydrogens is 283 g/mol. The summed E-state index contributed by atoms with van der Waals surface area (Å²) in [6.07, 6.45) is 2.68. The summed E-state index contributed by atoms with van der Waals surface area (Å²) in [5.74, 6) is 0.218. The van der Waals surface area contributed by atoms with Crippen molar-refractivity contribution in [2.24, 2.45) is 7.05 Å². The summed E-state index contributed by atoms with van der Waals surface area (Å²) in [7, 11) is 3.42. The standard InChI is InChI=1S/C16H17FN4O/c1-21-16(10-8-18-5-4-12(10)20-21)14-9-3-6-19-15(9)13(22-2)7-11(14)17/h3,6-7,18-19H,4-5,8H2,1-2H3. The molecule has 4 rings (SSSR count). The number of hydrogen-bond donors (Lipinski definition) is 2. The Morgan fingerprint density at radius 3 is 3.09 bits per heavy atom. The lowest BCUT2D eigenvalue weighted by Crippen LogP contribution is -2.23. The summed E-state index contributed by atoms with van der Waals surface area (Å²) in [5, 5.41) is 8.72. The van der Waals surface area contributed by atoms with Crippen molar-refractivity contribution >= 4 is 10.9 Å². The molecule has 0 amide bonds. The van der Waals surface area contributed by atoms with Crippen molar-refractivity contribution in [1.82, 2.24) is 20.1 Å². The number of aryl methyl sites for hydroxylation is 1. The molecule has 2 aromatic heterocycles. The largest absolute Gasteiger partial charge is 0.494 e. The number of halogens is 1. The molecule has 0 fully saturated rings. The molecule has 3 heterocycles. The summed E-state index contributed by atoms with van der Waals surface area (Å²) in [6.45, 7) is 1.63. The van der Waals surface area contributed by atoms with Crippen LogP contribution in [0.1, 0.15) is 11.3 Å². The Morgan fingerprint density at radius 2 is 2.27 bits per heavy atom. The minimum absolute atomic E-state index is 0.291. The summed E-state index contributed by atoms with van der Waals surface area (Å²) in [4.78, 5) is 3.13. The maximum Gasteiger partial charge on any atom is 0.145 e. The predicted molar refractivity (Wildman–Crippen MR) is 82.4 cm³/mol. The molecule has 0 radical (unpaired) electrons. The fraction of sp³-hybridized carbons (Fsp3) is 0.312. The highest BCUT2D eigenvalue weighted by Gasteiger charge is 2.25. The number of fused-ring (bicyclic) bond motifs is 2. The third-order valence-corrected chi connectivity index (χ3v) is 4.28. The van der Waals surface area contributed by atoms with E-state index in [0.717, 1.165) is 47.4 Å². The lowest BCUT2D eigenvalue weighted by Gasteiger charge is -2.15. The second-order valence-corrected chi connectivity index (χ2v) is 5.53. The SMILES string of the molecule is COc1cc(F)c(-c2c3c(nn2C)CCNC3)c2cc[nH]c12. The molecule has 0 saturated heterocycles. The second kappa shape index (κ2) is 4.84. The molecule has 1 aliphatic heterocycles. The highest BCUT2D eigenvalue weighted by molar-refractivity contribution is 5.98. The average molecular weight is 300 g/mol. The molecule has 0 spiro atoms. The van der Waals surface area contributed by atoms with Crippen LogP contribution in [0.2, 0.25) is 0 Å². The first-order valence-electron chi connectivity index (χ1n) is 7.30. The Balaban J connectivity index is 2.05. The van der Waals surface area contributed by atoms with Crippen LogP contribution in [0.5, 0.6) is 5.75 Å². The third kappa shape index (κ3) is 1.77. The normalized spacial score (nSPS) is 14.3. The number of aromatic amines is 1. The van der Waals surface area contributed by atoms with Crippen LogP contribution in [0.3, 0.4) is 0 Å². The van der Waals surface area contributed by atoms with Gasteiger partial charge in [-0.1, -0.05) is 0 Å². The van der Waals surface area contributed by atoms with Gasteiger partial charge in [-0.05, 0) is 6.07 Å². The lowest BCUT2D eigenvalue weighted by atomic mass is 9.98. The Bertz CT molecular complexity index is 865. The van der Waals surface area contributed by atoms with Gasteiger partial charge in [-0.25, -0.2) is 4.39 Å². The quantitative estimate of drug-likeness (QED) is 0.764. The molecule has 0 bridgehead atoms. The van der Waals surface area contributed by atoms with E-state index >= 15 is 0 Å². The fourth-order valence-corrected chi connectivity index (χ4v) is 3.31. The van der Waals surface area contributed by atoms with Gasteiger partial charge >= 0.3 is 0 Å². The number of H-pyrrole nitrogens is 1. The van der Waals surface area contributed by atoms with Gasteiger partial charge in [0.25, 0.3) is 0 Å². The van der Waals surface area contributed by atoms with Crippen LogP contribution in [-0.2, 0) is 20.0 Å². The van der Waals surface area contributed by atoms with E-state index in [2.05, 4.69) is 15.4 Å². The van der Waals surface area contributed by atoms with Gasteiger partial charge in [0.1, 0.15) is 11.6 Å². The van der Waals surface area contributed by atoms with Crippen molar-refractivity contribution in [3.8, 4) is 17.0 Å². The molecule has 0 aliphatic carbocycles. The van der Waals surface area contributed by atoms with Gasteiger partial charge in [-0.2, -0.15) is 5.10 Å². The van der Waals surface area contributed by atoms with Crippen LogP contribution in [0.4, 0.5) is 4.39 Å². The minimum Gasteiger partial charge on any atom is -0.494 e. The van der Waals surface area contributed by atoms with Gasteiger partial charge in [0, 0.05) is 55.3 Å². The monoisotopic (exact) mass is 300 g/mol. The summed E-state index contributed by atoms with van der Waals surface area (Å²) in [6, 6.07) is 3.32. The molecule has 3 aromatic rings. The Morgan fingerprint density at radius 1 is 1.41 bits per heavy atom. The Hall–Kier alpha value is -2.34. The number of hydrogen-bond acceptors (Lipinski definition) is 3. The molecule has 0 atom stereocenters. The molecule has 1 aliphatic rings. The van der Waals surface area contributed by atoms with Crippen LogP contribution >= 0.6 is 0 Å². The first-order chi connectivity index (χ1) is 10.7. The number of nitrogens with zero attached hydrogens (tertiary/aromatic N) is 2. The van der Waals surface area contributed by atoms with E-state index in [-0.39, 0.29) is 5.82 Å². The summed E-state index contributed by atoms with van der Waals surface area (Å²) < 4.78 is 21.9. The maximum atomic E-state index is 14.8. The van der Waals surface area contributed by atoms with Gasteiger partial charge in [0.05, 0.1) is 24.0 Å². The zero-order chi connectivity index (χ0) is 15.3. The Labute approximate surface area is 127 Å². The van der Waals surface area contributed by atoms with Gasteiger partial charge in [-0.3, -0.25) is 4.68 Å². The van der Waals surface area contributed by atoms with E-state index in [1.54, 1.807) is 18.0 Å². The first kappa shape index (κ1) is 13.3. The van der Waals surface area contributed by atoms with E-state index in [9.17, 15) is 4.39 Å². The smallest absolute Gasteiger partial charge is 0.145 e. The second-order valence-electron chi connectivity index (χ2n) is 5.53. The molecule has 5 nitrogen and oxygen atoms in total. The van der Waals surface area contributed by atoms with Gasteiger partial charge in [-0.15, -0.1) is 0 Å². The molecule has 0 unspecified atom stereocenters. The number of rotatable bonds is 2. The number of methoxy groups -OCH3 is 1. The number of nitrogens with one attached hydrogen (secondary N) is 2. The van der Waals surface area contributed by atoms with E-state index in [0.29, 0.717) is 11.3 Å². The molecule has 1 aromatic carbocycles. The van der Waals surface area contributed by atoms with Gasteiger partial charge < -0.3 is 15.0 Å². The molecule has 6 heteroatoms. The zero-order valence-corrected chi connectivity index (χ0v) is 12.5. The first-order valence-corrected chi connectivity index (χ1v) is 7.30. The third-order valence-electron chi connectivity index (χ3n) is 4.28. The molecule has 0 saturated carbocycles. The lowest BCUT2D eigenvalue weighted by molar-refractivity contribution is 0.416. The van der Waals surface area contributed by atoms with Crippen molar-refractivity contribution in [3.05, 3.63) is 35.4 Å². The minimum atomic E-state index is -0.291. The highest BCUT2D eigenvalue weighted by atomic mass is 19.1. The molecule has 114 valence electrons. The summed E-state index contributed by atoms with van der Waals surface area (Å²) >= 11 is 0. The maximum absolute atomic E-state index is 14.8. The van der Waals surface area contributed by atoms with Crippen LogP contribution in [0.25, 0.3) is 22.2 Å². The van der Waals surface area contributed by atoms with E-state index in [4.69, 9.17) is 4.74 Å². The van der Waals surface area contributed by atoms with E-state index in [1.807, 2.05) is 13.1 Å². The van der Waals surface area contributed by atoms with Gasteiger partial charge in [0.2, 0.25) is 0 Å². The number of ether oxygens (including phenoxy) is 1. The van der Waals surface area contributed by atoms with Crippen LogP contribution in [0.15, 0.2) is 18.3 Å². The average Bonchev–Trinajstić information content (AvgIpc) is 3.11. The van der Waals surface area contributed by atoms with Gasteiger partial charge in [0.15, 0.2) is 0 Å². The fourth-order valence-electron chi connectivity index (χ4n) is 3.31. The van der Waals surface area contributed by atoms with Crippen molar-refractivity contribution < 1.29 is 9.13 Å². The van der Waals surface area contributed by atoms with Crippen molar-refractivity contribution in [1.29, 1.82) is 0 Å². The molecule has 2 N–H and O–H groups in total. The number of aromatic nitrogens is 3. The van der Waals surface area contributed by atoms with Crippen molar-refractivity contribution in [3.63, 3.8) is 0 Å². The van der Waals surface area contributed by atoms with E-state index in [1.165, 1.54) is 6.07 Å². The molecule has 22 heavy (non-hydrogen) atoms. The summed E-state index contributed by atoms with van der Waals surface area (Å²) in [5.41, 5.74) is 4.36.